The lowest BCUT2D eigenvalue weighted by Gasteiger charge is -2.08. The maximum absolute atomic E-state index is 11.4. The zero-order valence-electron chi connectivity index (χ0n) is 10.4. The summed E-state index contributed by atoms with van der Waals surface area (Å²) in [5, 5.41) is 5.19. The van der Waals surface area contributed by atoms with Crippen LogP contribution < -0.4 is 10.6 Å². The van der Waals surface area contributed by atoms with Crippen LogP contribution in [0.5, 0.6) is 0 Å². The Balaban J connectivity index is 2.40. The van der Waals surface area contributed by atoms with E-state index in [-0.39, 0.29) is 24.3 Å². The van der Waals surface area contributed by atoms with Crippen molar-refractivity contribution in [1.29, 1.82) is 0 Å². The normalized spacial score (nSPS) is 10.1. The van der Waals surface area contributed by atoms with Crippen LogP contribution in [0.4, 0.5) is 10.5 Å². The molecule has 4 nitrogen and oxygen atoms in total. The van der Waals surface area contributed by atoms with Crippen LogP contribution >= 0.6 is 0 Å². The lowest BCUT2D eigenvalue weighted by Crippen LogP contribution is -2.34. The SMILES string of the molecule is Cc1ccc(NC(=O)NCC(=O)C(C)C)cc1. The summed E-state index contributed by atoms with van der Waals surface area (Å²) < 4.78 is 0. The Morgan fingerprint density at radius 2 is 1.76 bits per heavy atom. The van der Waals surface area contributed by atoms with Gasteiger partial charge in [0.2, 0.25) is 0 Å². The Morgan fingerprint density at radius 1 is 1.18 bits per heavy atom. The molecule has 1 aromatic carbocycles. The number of urea groups is 1. The molecule has 17 heavy (non-hydrogen) atoms. The Labute approximate surface area is 101 Å². The number of rotatable bonds is 4. The molecule has 2 amide bonds. The molecule has 0 heterocycles. The average molecular weight is 234 g/mol. The minimum Gasteiger partial charge on any atom is -0.331 e. The third-order valence-electron chi connectivity index (χ3n) is 2.38. The molecular formula is C13H18N2O2. The highest BCUT2D eigenvalue weighted by atomic mass is 16.2. The van der Waals surface area contributed by atoms with Crippen molar-refractivity contribution < 1.29 is 9.59 Å². The highest BCUT2D eigenvalue weighted by Crippen LogP contribution is 2.07. The van der Waals surface area contributed by atoms with Gasteiger partial charge in [0, 0.05) is 11.6 Å². The number of anilines is 1. The number of amides is 2. The molecular weight excluding hydrogens is 216 g/mol. The minimum atomic E-state index is -0.358. The van der Waals surface area contributed by atoms with E-state index in [1.165, 1.54) is 0 Å². The summed E-state index contributed by atoms with van der Waals surface area (Å²) in [5.41, 5.74) is 1.84. The minimum absolute atomic E-state index is 0.0176. The van der Waals surface area contributed by atoms with E-state index < -0.39 is 0 Å². The molecule has 0 fully saturated rings. The van der Waals surface area contributed by atoms with Gasteiger partial charge >= 0.3 is 6.03 Å². The lowest BCUT2D eigenvalue weighted by molar-refractivity contribution is -0.120. The predicted octanol–water partition coefficient (Wildman–Crippen LogP) is 2.34. The second-order valence-electron chi connectivity index (χ2n) is 4.29. The van der Waals surface area contributed by atoms with Crippen LogP contribution in [-0.4, -0.2) is 18.4 Å². The van der Waals surface area contributed by atoms with Gasteiger partial charge in [0.25, 0.3) is 0 Å². The number of carbonyl (C=O) groups is 2. The maximum Gasteiger partial charge on any atom is 0.319 e. The van der Waals surface area contributed by atoms with E-state index >= 15 is 0 Å². The summed E-state index contributed by atoms with van der Waals surface area (Å²) in [6.45, 7) is 5.66. The Kier molecular flexibility index (Phi) is 4.69. The molecule has 0 aromatic heterocycles. The molecule has 0 atom stereocenters. The van der Waals surface area contributed by atoms with Crippen LogP contribution in [0.2, 0.25) is 0 Å². The van der Waals surface area contributed by atoms with Crippen molar-refractivity contribution in [3.8, 4) is 0 Å². The van der Waals surface area contributed by atoms with Gasteiger partial charge in [-0.2, -0.15) is 0 Å². The van der Waals surface area contributed by atoms with Gasteiger partial charge in [0.05, 0.1) is 6.54 Å². The molecule has 2 N–H and O–H groups in total. The van der Waals surface area contributed by atoms with Crippen LogP contribution in [0.15, 0.2) is 24.3 Å². The van der Waals surface area contributed by atoms with E-state index in [4.69, 9.17) is 0 Å². The molecule has 0 unspecified atom stereocenters. The van der Waals surface area contributed by atoms with E-state index in [0.717, 1.165) is 5.56 Å². The molecule has 0 radical (unpaired) electrons. The number of ketones is 1. The fourth-order valence-corrected chi connectivity index (χ4v) is 1.18. The van der Waals surface area contributed by atoms with E-state index in [9.17, 15) is 9.59 Å². The second-order valence-corrected chi connectivity index (χ2v) is 4.29. The zero-order chi connectivity index (χ0) is 12.8. The summed E-state index contributed by atoms with van der Waals surface area (Å²) in [6, 6.07) is 7.10. The summed E-state index contributed by atoms with van der Waals surface area (Å²) in [7, 11) is 0. The summed E-state index contributed by atoms with van der Waals surface area (Å²) >= 11 is 0. The number of benzene rings is 1. The van der Waals surface area contributed by atoms with E-state index in [1.807, 2.05) is 45.0 Å². The average Bonchev–Trinajstić information content (AvgIpc) is 2.29. The van der Waals surface area contributed by atoms with Crippen molar-refractivity contribution in [3.63, 3.8) is 0 Å². The number of Topliss-reactive ketones (excluding diaryl/α,β-unsaturated/α-hetero) is 1. The van der Waals surface area contributed by atoms with Crippen molar-refractivity contribution in [1.82, 2.24) is 5.32 Å². The quantitative estimate of drug-likeness (QED) is 0.840. The number of carbonyl (C=O) groups excluding carboxylic acids is 2. The second kappa shape index (κ2) is 6.03. The fraction of sp³-hybridized carbons (Fsp3) is 0.385. The summed E-state index contributed by atoms with van der Waals surface area (Å²) in [4.78, 5) is 22.8. The maximum atomic E-state index is 11.4. The van der Waals surface area contributed by atoms with Gasteiger partial charge in [0.15, 0.2) is 5.78 Å². The molecule has 0 saturated heterocycles. The van der Waals surface area contributed by atoms with Crippen molar-refractivity contribution in [2.45, 2.75) is 20.8 Å². The van der Waals surface area contributed by atoms with E-state index in [0.29, 0.717) is 5.69 Å². The molecule has 1 rings (SSSR count). The molecule has 0 aliphatic rings. The van der Waals surface area contributed by atoms with Crippen LogP contribution in [0.3, 0.4) is 0 Å². The Hall–Kier alpha value is -1.84. The number of aryl methyl sites for hydroxylation is 1. The van der Waals surface area contributed by atoms with Crippen molar-refractivity contribution >= 4 is 17.5 Å². The molecule has 92 valence electrons. The lowest BCUT2D eigenvalue weighted by atomic mass is 10.1. The fourth-order valence-electron chi connectivity index (χ4n) is 1.18. The van der Waals surface area contributed by atoms with Crippen molar-refractivity contribution in [3.05, 3.63) is 29.8 Å². The monoisotopic (exact) mass is 234 g/mol. The van der Waals surface area contributed by atoms with Crippen molar-refractivity contribution in [2.75, 3.05) is 11.9 Å². The Morgan fingerprint density at radius 3 is 2.29 bits per heavy atom. The van der Waals surface area contributed by atoms with Gasteiger partial charge in [0.1, 0.15) is 0 Å². The van der Waals surface area contributed by atoms with Gasteiger partial charge in [-0.25, -0.2) is 4.79 Å². The van der Waals surface area contributed by atoms with Crippen LogP contribution in [0.1, 0.15) is 19.4 Å². The molecule has 4 heteroatoms. The van der Waals surface area contributed by atoms with Gasteiger partial charge < -0.3 is 10.6 Å². The van der Waals surface area contributed by atoms with Gasteiger partial charge in [-0.3, -0.25) is 4.79 Å². The smallest absolute Gasteiger partial charge is 0.319 e. The van der Waals surface area contributed by atoms with Gasteiger partial charge in [-0.15, -0.1) is 0 Å². The molecule has 1 aromatic rings. The predicted molar refractivity (Wildman–Crippen MR) is 68.0 cm³/mol. The third kappa shape index (κ3) is 4.68. The molecule has 0 saturated carbocycles. The first kappa shape index (κ1) is 13.2. The molecule has 0 aliphatic heterocycles. The summed E-state index contributed by atoms with van der Waals surface area (Å²) in [6.07, 6.45) is 0. The highest BCUT2D eigenvalue weighted by molar-refractivity contribution is 5.93. The Bertz CT molecular complexity index is 396. The van der Waals surface area contributed by atoms with E-state index in [1.54, 1.807) is 0 Å². The number of nitrogens with one attached hydrogen (secondary N) is 2. The molecule has 0 bridgehead atoms. The van der Waals surface area contributed by atoms with E-state index in [2.05, 4.69) is 10.6 Å². The van der Waals surface area contributed by atoms with Crippen LogP contribution in [0, 0.1) is 12.8 Å². The summed E-state index contributed by atoms with van der Waals surface area (Å²) in [5.74, 6) is -0.0428. The van der Waals surface area contributed by atoms with Crippen LogP contribution in [-0.2, 0) is 4.79 Å². The first-order valence-electron chi connectivity index (χ1n) is 5.63. The van der Waals surface area contributed by atoms with Crippen molar-refractivity contribution in [2.24, 2.45) is 5.92 Å². The van der Waals surface area contributed by atoms with Gasteiger partial charge in [-0.1, -0.05) is 31.5 Å². The topological polar surface area (TPSA) is 58.2 Å². The first-order chi connectivity index (χ1) is 7.99. The number of hydrogen-bond acceptors (Lipinski definition) is 2. The van der Waals surface area contributed by atoms with Gasteiger partial charge in [-0.05, 0) is 19.1 Å². The molecule has 0 aliphatic carbocycles. The number of hydrogen-bond donors (Lipinski definition) is 2. The molecule has 0 spiro atoms. The highest BCUT2D eigenvalue weighted by Gasteiger charge is 2.08. The first-order valence-corrected chi connectivity index (χ1v) is 5.63. The largest absolute Gasteiger partial charge is 0.331 e. The third-order valence-corrected chi connectivity index (χ3v) is 2.38. The standard InChI is InChI=1S/C13H18N2O2/c1-9(2)12(16)8-14-13(17)15-11-6-4-10(3)5-7-11/h4-7,9H,8H2,1-3H3,(H2,14,15,17). The zero-order valence-corrected chi connectivity index (χ0v) is 10.4. The van der Waals surface area contributed by atoms with Crippen LogP contribution in [0.25, 0.3) is 0 Å².